The summed E-state index contributed by atoms with van der Waals surface area (Å²) in [5, 5.41) is 9.13. The topological polar surface area (TPSA) is 40.8 Å². The van der Waals surface area contributed by atoms with E-state index in [4.69, 9.17) is 5.11 Å². The van der Waals surface area contributed by atoms with Crippen molar-refractivity contribution in [1.29, 1.82) is 0 Å². The van der Waals surface area contributed by atoms with Gasteiger partial charge in [0.15, 0.2) is 0 Å². The molecule has 0 radical (unpaired) electrons. The summed E-state index contributed by atoms with van der Waals surface area (Å²) in [6.45, 7) is 3.39. The molecule has 1 aliphatic heterocycles. The van der Waals surface area contributed by atoms with E-state index in [1.54, 1.807) is 0 Å². The molecule has 1 fully saturated rings. The van der Waals surface area contributed by atoms with Crippen molar-refractivity contribution in [2.75, 3.05) is 19.7 Å². The van der Waals surface area contributed by atoms with Crippen molar-refractivity contribution in [3.63, 3.8) is 0 Å². The molecule has 3 heterocycles. The number of aliphatic hydroxyl groups is 1. The van der Waals surface area contributed by atoms with Crippen molar-refractivity contribution in [3.8, 4) is 0 Å². The number of likely N-dealkylation sites (tertiary alicyclic amines) is 1. The van der Waals surface area contributed by atoms with Gasteiger partial charge in [0.2, 0.25) is 0 Å². The number of fused-ring (bicyclic) bond motifs is 1. The highest BCUT2D eigenvalue weighted by Crippen LogP contribution is 2.18. The third-order valence-electron chi connectivity index (χ3n) is 3.76. The van der Waals surface area contributed by atoms with E-state index in [0.29, 0.717) is 12.5 Å². The third-order valence-corrected chi connectivity index (χ3v) is 3.76. The summed E-state index contributed by atoms with van der Waals surface area (Å²) in [4.78, 5) is 7.04. The summed E-state index contributed by atoms with van der Waals surface area (Å²) in [5.41, 5.74) is 2.14. The van der Waals surface area contributed by atoms with Gasteiger partial charge in [0.1, 0.15) is 5.65 Å². The van der Waals surface area contributed by atoms with Gasteiger partial charge in [-0.05, 0) is 44.0 Å². The molecule has 0 saturated carbocycles. The molecular weight excluding hydrogens is 226 g/mol. The number of piperidine rings is 1. The molecule has 1 aliphatic rings. The van der Waals surface area contributed by atoms with Gasteiger partial charge in [-0.25, -0.2) is 4.98 Å². The Kier molecular flexibility index (Phi) is 3.30. The number of nitrogens with zero attached hydrogens (tertiary/aromatic N) is 3. The smallest absolute Gasteiger partial charge is 0.137 e. The SMILES string of the molecule is OCC1CCN(Cc2cn3ccccc3n2)CC1. The second-order valence-corrected chi connectivity index (χ2v) is 5.10. The molecule has 1 saturated heterocycles. The molecule has 0 atom stereocenters. The minimum atomic E-state index is 0.336. The van der Waals surface area contributed by atoms with Crippen LogP contribution in [0.15, 0.2) is 30.6 Å². The highest BCUT2D eigenvalue weighted by Gasteiger charge is 2.19. The predicted molar refractivity (Wildman–Crippen MR) is 70.3 cm³/mol. The summed E-state index contributed by atoms with van der Waals surface area (Å²) in [5.74, 6) is 0.502. The fourth-order valence-electron chi connectivity index (χ4n) is 2.62. The Morgan fingerprint density at radius 3 is 2.83 bits per heavy atom. The van der Waals surface area contributed by atoms with Crippen LogP contribution in [0.4, 0.5) is 0 Å². The maximum atomic E-state index is 9.13. The second kappa shape index (κ2) is 5.08. The number of aliphatic hydroxyl groups excluding tert-OH is 1. The van der Waals surface area contributed by atoms with Crippen LogP contribution in [0.2, 0.25) is 0 Å². The fourth-order valence-corrected chi connectivity index (χ4v) is 2.62. The standard InChI is InChI=1S/C14H19N3O/c18-11-12-4-7-16(8-5-12)9-13-10-17-6-2-1-3-14(17)15-13/h1-3,6,10,12,18H,4-5,7-9,11H2. The first kappa shape index (κ1) is 11.7. The van der Waals surface area contributed by atoms with E-state index >= 15 is 0 Å². The first-order chi connectivity index (χ1) is 8.85. The monoisotopic (exact) mass is 245 g/mol. The van der Waals surface area contributed by atoms with Crippen molar-refractivity contribution in [2.45, 2.75) is 19.4 Å². The van der Waals surface area contributed by atoms with Gasteiger partial charge in [-0.2, -0.15) is 0 Å². The summed E-state index contributed by atoms with van der Waals surface area (Å²) >= 11 is 0. The zero-order valence-corrected chi connectivity index (χ0v) is 10.5. The van der Waals surface area contributed by atoms with Crippen LogP contribution < -0.4 is 0 Å². The Hall–Kier alpha value is -1.39. The number of aromatic nitrogens is 2. The number of hydrogen-bond acceptors (Lipinski definition) is 3. The minimum Gasteiger partial charge on any atom is -0.396 e. The minimum absolute atomic E-state index is 0.336. The van der Waals surface area contributed by atoms with Gasteiger partial charge in [0.25, 0.3) is 0 Å². The van der Waals surface area contributed by atoms with Crippen LogP contribution in [-0.4, -0.2) is 39.1 Å². The average Bonchev–Trinajstić information content (AvgIpc) is 2.82. The number of rotatable bonds is 3. The van der Waals surface area contributed by atoms with Gasteiger partial charge in [-0.3, -0.25) is 4.90 Å². The van der Waals surface area contributed by atoms with Crippen molar-refractivity contribution < 1.29 is 5.11 Å². The van der Waals surface area contributed by atoms with Crippen LogP contribution >= 0.6 is 0 Å². The van der Waals surface area contributed by atoms with Gasteiger partial charge in [-0.1, -0.05) is 6.07 Å². The number of pyridine rings is 1. The van der Waals surface area contributed by atoms with Crippen molar-refractivity contribution in [3.05, 3.63) is 36.3 Å². The summed E-state index contributed by atoms with van der Waals surface area (Å²) in [7, 11) is 0. The third kappa shape index (κ3) is 2.40. The van der Waals surface area contributed by atoms with Crippen LogP contribution in [0.25, 0.3) is 5.65 Å². The molecule has 0 spiro atoms. The largest absolute Gasteiger partial charge is 0.396 e. The van der Waals surface area contributed by atoms with Crippen molar-refractivity contribution in [1.82, 2.24) is 14.3 Å². The van der Waals surface area contributed by atoms with Gasteiger partial charge in [-0.15, -0.1) is 0 Å². The van der Waals surface area contributed by atoms with Gasteiger partial charge in [0, 0.05) is 25.5 Å². The van der Waals surface area contributed by atoms with E-state index in [1.165, 1.54) is 0 Å². The molecule has 0 aliphatic carbocycles. The molecule has 2 aromatic heterocycles. The van der Waals surface area contributed by atoms with Gasteiger partial charge >= 0.3 is 0 Å². The molecule has 1 N–H and O–H groups in total. The summed E-state index contributed by atoms with van der Waals surface area (Å²) in [6.07, 6.45) is 6.34. The molecule has 0 aromatic carbocycles. The molecular formula is C14H19N3O. The Bertz CT molecular complexity index is 481. The molecule has 3 rings (SSSR count). The van der Waals surface area contributed by atoms with Crippen LogP contribution in [0, 0.1) is 5.92 Å². The Morgan fingerprint density at radius 2 is 2.11 bits per heavy atom. The van der Waals surface area contributed by atoms with E-state index in [9.17, 15) is 0 Å². The van der Waals surface area contributed by atoms with E-state index < -0.39 is 0 Å². The lowest BCUT2D eigenvalue weighted by Crippen LogP contribution is -2.34. The molecule has 4 nitrogen and oxygen atoms in total. The number of imidazole rings is 1. The van der Waals surface area contributed by atoms with Crippen LogP contribution in [0.5, 0.6) is 0 Å². The number of hydrogen-bond donors (Lipinski definition) is 1. The quantitative estimate of drug-likeness (QED) is 0.891. The van der Waals surface area contributed by atoms with E-state index in [-0.39, 0.29) is 0 Å². The highest BCUT2D eigenvalue weighted by molar-refractivity contribution is 5.39. The van der Waals surface area contributed by atoms with Crippen molar-refractivity contribution in [2.24, 2.45) is 5.92 Å². The second-order valence-electron chi connectivity index (χ2n) is 5.10. The molecule has 2 aromatic rings. The maximum absolute atomic E-state index is 9.13. The molecule has 0 unspecified atom stereocenters. The van der Waals surface area contributed by atoms with Crippen molar-refractivity contribution >= 4 is 5.65 Å². The van der Waals surface area contributed by atoms with Crippen LogP contribution in [0.1, 0.15) is 18.5 Å². The Morgan fingerprint density at radius 1 is 1.28 bits per heavy atom. The highest BCUT2D eigenvalue weighted by atomic mass is 16.3. The first-order valence-corrected chi connectivity index (χ1v) is 6.61. The van der Waals surface area contributed by atoms with E-state index in [2.05, 4.69) is 20.5 Å². The molecule has 4 heteroatoms. The lowest BCUT2D eigenvalue weighted by Gasteiger charge is -2.30. The van der Waals surface area contributed by atoms with E-state index in [0.717, 1.165) is 43.8 Å². The molecule has 96 valence electrons. The zero-order valence-electron chi connectivity index (χ0n) is 10.5. The first-order valence-electron chi connectivity index (χ1n) is 6.61. The zero-order chi connectivity index (χ0) is 12.4. The van der Waals surface area contributed by atoms with Crippen LogP contribution in [0.3, 0.4) is 0 Å². The lowest BCUT2D eigenvalue weighted by atomic mass is 9.98. The molecule has 0 amide bonds. The summed E-state index contributed by atoms with van der Waals surface area (Å²) in [6, 6.07) is 6.06. The Labute approximate surface area is 107 Å². The normalized spacial score (nSPS) is 18.5. The van der Waals surface area contributed by atoms with Crippen LogP contribution in [-0.2, 0) is 6.54 Å². The average molecular weight is 245 g/mol. The molecule has 18 heavy (non-hydrogen) atoms. The van der Waals surface area contributed by atoms with Gasteiger partial charge in [0.05, 0.1) is 5.69 Å². The summed E-state index contributed by atoms with van der Waals surface area (Å²) < 4.78 is 2.07. The van der Waals surface area contributed by atoms with Gasteiger partial charge < -0.3 is 9.51 Å². The Balaban J connectivity index is 1.66. The maximum Gasteiger partial charge on any atom is 0.137 e. The van der Waals surface area contributed by atoms with E-state index in [1.807, 2.05) is 24.4 Å². The molecule has 0 bridgehead atoms. The predicted octanol–water partition coefficient (Wildman–Crippen LogP) is 1.54. The lowest BCUT2D eigenvalue weighted by molar-refractivity contribution is 0.126. The fraction of sp³-hybridized carbons (Fsp3) is 0.500.